The quantitative estimate of drug-likeness (QED) is 0.326. The Kier molecular flexibility index (Phi) is 7.37. The van der Waals surface area contributed by atoms with E-state index in [0.29, 0.717) is 5.71 Å². The number of nitro benzene ring substituents is 1. The van der Waals surface area contributed by atoms with Gasteiger partial charge in [0, 0.05) is 17.5 Å². The molecule has 0 unspecified atom stereocenters. The minimum atomic E-state index is -0.588. The lowest BCUT2D eigenvalue weighted by molar-refractivity contribution is -0.385. The fourth-order valence-electron chi connectivity index (χ4n) is 2.95. The first-order valence-corrected chi connectivity index (χ1v) is 9.59. The molecule has 0 aliphatic heterocycles. The highest BCUT2D eigenvalue weighted by Gasteiger charge is 2.24. The van der Waals surface area contributed by atoms with Crippen molar-refractivity contribution in [1.82, 2.24) is 5.32 Å². The van der Waals surface area contributed by atoms with E-state index in [1.165, 1.54) is 12.5 Å². The van der Waals surface area contributed by atoms with E-state index in [9.17, 15) is 14.9 Å². The summed E-state index contributed by atoms with van der Waals surface area (Å²) in [5.41, 5.74) is 0.696. The summed E-state index contributed by atoms with van der Waals surface area (Å²) in [6.07, 6.45) is 4.71. The summed E-state index contributed by atoms with van der Waals surface area (Å²) >= 11 is 0. The number of carbonyl (C=O) groups is 1. The summed E-state index contributed by atoms with van der Waals surface area (Å²) in [7, 11) is 0. The van der Waals surface area contributed by atoms with Crippen LogP contribution in [-0.4, -0.2) is 29.4 Å². The lowest BCUT2D eigenvalue weighted by atomic mass is 9.90. The van der Waals surface area contributed by atoms with Gasteiger partial charge in [-0.3, -0.25) is 15.0 Å². The van der Waals surface area contributed by atoms with E-state index in [4.69, 9.17) is 9.57 Å². The Labute approximate surface area is 165 Å². The van der Waals surface area contributed by atoms with E-state index in [1.54, 1.807) is 19.1 Å². The first-order valence-electron chi connectivity index (χ1n) is 9.59. The average Bonchev–Trinajstić information content (AvgIpc) is 2.62. The molecule has 1 aliphatic carbocycles. The molecule has 1 aliphatic rings. The third kappa shape index (κ3) is 6.51. The standard InChI is InChI=1S/C20H29N3O5/c1-14-10-11-17(16(12-14)23(25)26)27-13-18(20(2,3)4)22-28-19(24)21-15-8-6-5-7-9-15/h10-12,15H,5-9,13H2,1-4H3,(H,21,24). The van der Waals surface area contributed by atoms with Crippen LogP contribution >= 0.6 is 0 Å². The monoisotopic (exact) mass is 391 g/mol. The Bertz CT molecular complexity index is 734. The molecule has 1 fully saturated rings. The molecule has 28 heavy (non-hydrogen) atoms. The fraction of sp³-hybridized carbons (Fsp3) is 0.600. The number of aryl methyl sites for hydroxylation is 1. The average molecular weight is 391 g/mol. The number of carbonyl (C=O) groups excluding carboxylic acids is 1. The van der Waals surface area contributed by atoms with Crippen LogP contribution in [-0.2, 0) is 4.84 Å². The van der Waals surface area contributed by atoms with Crippen molar-refractivity contribution in [2.45, 2.75) is 65.8 Å². The lowest BCUT2D eigenvalue weighted by Crippen LogP contribution is -2.36. The molecule has 8 nitrogen and oxygen atoms in total. The van der Waals surface area contributed by atoms with Crippen LogP contribution < -0.4 is 10.1 Å². The molecule has 1 aromatic carbocycles. The van der Waals surface area contributed by atoms with Gasteiger partial charge in [-0.15, -0.1) is 0 Å². The van der Waals surface area contributed by atoms with Crippen LogP contribution in [0.15, 0.2) is 23.4 Å². The van der Waals surface area contributed by atoms with Crippen LogP contribution in [0.2, 0.25) is 0 Å². The number of benzene rings is 1. The van der Waals surface area contributed by atoms with Crippen molar-refractivity contribution in [2.24, 2.45) is 10.6 Å². The summed E-state index contributed by atoms with van der Waals surface area (Å²) < 4.78 is 5.64. The second-order valence-electron chi connectivity index (χ2n) is 8.16. The molecule has 0 heterocycles. The number of nitro groups is 1. The van der Waals surface area contributed by atoms with Gasteiger partial charge in [0.15, 0.2) is 5.75 Å². The number of ether oxygens (including phenoxy) is 1. The Hall–Kier alpha value is -2.64. The Morgan fingerprint density at radius 3 is 2.57 bits per heavy atom. The van der Waals surface area contributed by atoms with Crippen LogP contribution in [0.5, 0.6) is 5.75 Å². The second-order valence-corrected chi connectivity index (χ2v) is 8.16. The number of nitrogens with zero attached hydrogens (tertiary/aromatic N) is 2. The summed E-state index contributed by atoms with van der Waals surface area (Å²) in [5, 5.41) is 18.0. The molecule has 154 valence electrons. The molecule has 1 saturated carbocycles. The zero-order valence-corrected chi connectivity index (χ0v) is 17.0. The van der Waals surface area contributed by atoms with E-state index in [0.717, 1.165) is 31.2 Å². The van der Waals surface area contributed by atoms with E-state index in [1.807, 2.05) is 20.8 Å². The summed E-state index contributed by atoms with van der Waals surface area (Å²) in [4.78, 5) is 27.8. The highest BCUT2D eigenvalue weighted by atomic mass is 16.7. The Morgan fingerprint density at radius 1 is 1.29 bits per heavy atom. The zero-order valence-electron chi connectivity index (χ0n) is 17.0. The SMILES string of the molecule is Cc1ccc(OCC(=NOC(=O)NC2CCCCC2)C(C)(C)C)c([N+](=O)[O-])c1. The molecular formula is C20H29N3O5. The number of oxime groups is 1. The van der Waals surface area contributed by atoms with Crippen molar-refractivity contribution in [2.75, 3.05) is 6.61 Å². The molecule has 1 N–H and O–H groups in total. The molecule has 1 amide bonds. The summed E-state index contributed by atoms with van der Waals surface area (Å²) in [6, 6.07) is 4.88. The largest absolute Gasteiger partial charge is 0.480 e. The highest BCUT2D eigenvalue weighted by Crippen LogP contribution is 2.28. The van der Waals surface area contributed by atoms with Crippen LogP contribution in [0.25, 0.3) is 0 Å². The van der Waals surface area contributed by atoms with Crippen molar-refractivity contribution in [1.29, 1.82) is 0 Å². The number of hydrogen-bond donors (Lipinski definition) is 1. The van der Waals surface area contributed by atoms with Gasteiger partial charge >= 0.3 is 11.8 Å². The summed E-state index contributed by atoms with van der Waals surface area (Å²) in [5.74, 6) is 0.152. The molecular weight excluding hydrogens is 362 g/mol. The van der Waals surface area contributed by atoms with Gasteiger partial charge in [-0.2, -0.15) is 0 Å². The predicted octanol–water partition coefficient (Wildman–Crippen LogP) is 4.74. The van der Waals surface area contributed by atoms with Crippen LogP contribution in [0.1, 0.15) is 58.4 Å². The first-order chi connectivity index (χ1) is 13.2. The topological polar surface area (TPSA) is 103 Å². The lowest BCUT2D eigenvalue weighted by Gasteiger charge is -2.23. The van der Waals surface area contributed by atoms with Crippen LogP contribution in [0, 0.1) is 22.5 Å². The maximum Gasteiger partial charge on any atom is 0.433 e. The molecule has 0 bridgehead atoms. The van der Waals surface area contributed by atoms with Gasteiger partial charge in [-0.1, -0.05) is 51.3 Å². The minimum Gasteiger partial charge on any atom is -0.480 e. The Balaban J connectivity index is 2.03. The molecule has 0 saturated heterocycles. The third-order valence-electron chi connectivity index (χ3n) is 4.71. The van der Waals surface area contributed by atoms with Gasteiger partial charge in [0.05, 0.1) is 4.92 Å². The minimum absolute atomic E-state index is 0.0237. The van der Waals surface area contributed by atoms with Crippen LogP contribution in [0.3, 0.4) is 0 Å². The van der Waals surface area contributed by atoms with Crippen LogP contribution in [0.4, 0.5) is 10.5 Å². The van der Waals surface area contributed by atoms with E-state index >= 15 is 0 Å². The van der Waals surface area contributed by atoms with Gasteiger partial charge in [0.2, 0.25) is 0 Å². The maximum absolute atomic E-state index is 12.0. The number of hydrogen-bond acceptors (Lipinski definition) is 6. The number of amides is 1. The van der Waals surface area contributed by atoms with Crippen molar-refractivity contribution >= 4 is 17.5 Å². The molecule has 0 aromatic heterocycles. The maximum atomic E-state index is 12.0. The van der Waals surface area contributed by atoms with Crippen molar-refractivity contribution in [3.05, 3.63) is 33.9 Å². The molecule has 2 rings (SSSR count). The third-order valence-corrected chi connectivity index (χ3v) is 4.71. The van der Waals surface area contributed by atoms with E-state index in [2.05, 4.69) is 10.5 Å². The normalized spacial score (nSPS) is 15.8. The first kappa shape index (κ1) is 21.7. The number of rotatable bonds is 6. The summed E-state index contributed by atoms with van der Waals surface area (Å²) in [6.45, 7) is 7.46. The highest BCUT2D eigenvalue weighted by molar-refractivity contribution is 5.90. The molecule has 0 spiro atoms. The van der Waals surface area contributed by atoms with Gasteiger partial charge in [-0.25, -0.2) is 4.79 Å². The number of nitrogens with one attached hydrogen (secondary N) is 1. The van der Waals surface area contributed by atoms with Gasteiger partial charge < -0.3 is 10.1 Å². The predicted molar refractivity (Wildman–Crippen MR) is 107 cm³/mol. The molecule has 0 atom stereocenters. The van der Waals surface area contributed by atoms with Gasteiger partial charge in [-0.05, 0) is 31.4 Å². The van der Waals surface area contributed by atoms with Gasteiger partial charge in [0.25, 0.3) is 0 Å². The van der Waals surface area contributed by atoms with E-state index < -0.39 is 16.4 Å². The zero-order chi connectivity index (χ0) is 20.7. The second kappa shape index (κ2) is 9.52. The molecule has 1 aromatic rings. The van der Waals surface area contributed by atoms with Crippen molar-refractivity contribution in [3.8, 4) is 5.75 Å². The Morgan fingerprint density at radius 2 is 1.96 bits per heavy atom. The molecule has 8 heteroatoms. The molecule has 0 radical (unpaired) electrons. The van der Waals surface area contributed by atoms with Gasteiger partial charge in [0.1, 0.15) is 12.3 Å². The van der Waals surface area contributed by atoms with Crippen molar-refractivity contribution in [3.63, 3.8) is 0 Å². The van der Waals surface area contributed by atoms with Crippen molar-refractivity contribution < 1.29 is 19.3 Å². The van der Waals surface area contributed by atoms with E-state index in [-0.39, 0.29) is 24.1 Å². The fourth-order valence-corrected chi connectivity index (χ4v) is 2.95. The smallest absolute Gasteiger partial charge is 0.433 e.